The molecule has 0 spiro atoms. The van der Waals surface area contributed by atoms with Crippen LogP contribution >= 0.6 is 0 Å². The molecule has 8 heteroatoms. The van der Waals surface area contributed by atoms with Crippen molar-refractivity contribution >= 4 is 10.1 Å². The normalized spacial score (nSPS) is 11.6. The first-order valence-electron chi connectivity index (χ1n) is 4.75. The summed E-state index contributed by atoms with van der Waals surface area (Å²) in [5, 5.41) is 3.98. The van der Waals surface area contributed by atoms with Crippen LogP contribution in [0.4, 0.5) is 0 Å². The van der Waals surface area contributed by atoms with E-state index >= 15 is 0 Å². The molecule has 1 N–H and O–H groups in total. The molecule has 0 amide bonds. The van der Waals surface area contributed by atoms with Gasteiger partial charge in [-0.3, -0.25) is 4.55 Å². The summed E-state index contributed by atoms with van der Waals surface area (Å²) in [6.07, 6.45) is 6.07. The highest BCUT2D eigenvalue weighted by atomic mass is 32.2. The minimum absolute atomic E-state index is 0.0880. The minimum Gasteiger partial charge on any atom is -0.444 e. The molecular formula is C9H10N3O4S+. The number of aromatic nitrogens is 3. The van der Waals surface area contributed by atoms with Crippen LogP contribution < -0.4 is 4.68 Å². The third-order valence-electron chi connectivity index (χ3n) is 2.03. The summed E-state index contributed by atoms with van der Waals surface area (Å²) in [4.78, 5) is 3.95. The van der Waals surface area contributed by atoms with Crippen molar-refractivity contribution in [3.05, 3.63) is 30.9 Å². The van der Waals surface area contributed by atoms with Gasteiger partial charge < -0.3 is 4.42 Å². The molecule has 2 rings (SSSR count). The monoisotopic (exact) mass is 256 g/mol. The number of hydrogen-bond acceptors (Lipinski definition) is 5. The lowest BCUT2D eigenvalue weighted by Gasteiger charge is -1.94. The van der Waals surface area contributed by atoms with Crippen molar-refractivity contribution in [3.8, 4) is 11.5 Å². The Kier molecular flexibility index (Phi) is 3.16. The van der Waals surface area contributed by atoms with Crippen LogP contribution in [0.25, 0.3) is 11.5 Å². The Bertz CT molecular complexity index is 577. The molecule has 0 aliphatic carbocycles. The van der Waals surface area contributed by atoms with Gasteiger partial charge >= 0.3 is 0 Å². The van der Waals surface area contributed by atoms with Gasteiger partial charge in [0, 0.05) is 6.07 Å². The molecule has 2 aromatic rings. The Balaban J connectivity index is 2.09. The Morgan fingerprint density at radius 1 is 1.47 bits per heavy atom. The fourth-order valence-corrected chi connectivity index (χ4v) is 1.64. The predicted octanol–water partition coefficient (Wildman–Crippen LogP) is -0.0881. The largest absolute Gasteiger partial charge is 0.444 e. The lowest BCUT2D eigenvalue weighted by Crippen LogP contribution is -2.40. The van der Waals surface area contributed by atoms with Crippen molar-refractivity contribution in [1.29, 1.82) is 0 Å². The van der Waals surface area contributed by atoms with Gasteiger partial charge in [-0.15, -0.1) is 0 Å². The lowest BCUT2D eigenvalue weighted by molar-refractivity contribution is -0.750. The molecule has 17 heavy (non-hydrogen) atoms. The molecule has 0 atom stereocenters. The van der Waals surface area contributed by atoms with Crippen molar-refractivity contribution in [2.24, 2.45) is 0 Å². The van der Waals surface area contributed by atoms with Crippen molar-refractivity contribution in [1.82, 2.24) is 10.1 Å². The van der Waals surface area contributed by atoms with Gasteiger partial charge in [0.2, 0.25) is 5.89 Å². The van der Waals surface area contributed by atoms with Gasteiger partial charge in [-0.1, -0.05) is 4.68 Å². The Morgan fingerprint density at radius 2 is 2.29 bits per heavy atom. The first kappa shape index (κ1) is 11.7. The Hall–Kier alpha value is -1.80. The molecule has 0 unspecified atom stereocenters. The molecule has 0 aliphatic heterocycles. The highest BCUT2D eigenvalue weighted by molar-refractivity contribution is 7.85. The second-order valence-corrected chi connectivity index (χ2v) is 4.87. The number of hydrogen-bond donors (Lipinski definition) is 1. The summed E-state index contributed by atoms with van der Waals surface area (Å²) in [5.74, 6) is 0.0719. The predicted molar refractivity (Wildman–Crippen MR) is 56.3 cm³/mol. The van der Waals surface area contributed by atoms with E-state index in [1.807, 2.05) is 0 Å². The van der Waals surface area contributed by atoms with Gasteiger partial charge in [0.1, 0.15) is 18.2 Å². The molecule has 2 aromatic heterocycles. The lowest BCUT2D eigenvalue weighted by atomic mass is 10.3. The maximum Gasteiger partial charge on any atom is 0.271 e. The average molecular weight is 256 g/mol. The SMILES string of the molecule is O=S(=O)(O)CC[n+]1ccc(-c2ncco2)cn1. The van der Waals surface area contributed by atoms with Crippen LogP contribution in [0.5, 0.6) is 0 Å². The summed E-state index contributed by atoms with van der Waals surface area (Å²) >= 11 is 0. The minimum atomic E-state index is -3.97. The van der Waals surface area contributed by atoms with E-state index in [9.17, 15) is 8.42 Å². The summed E-state index contributed by atoms with van der Waals surface area (Å²) in [6, 6.07) is 1.70. The van der Waals surface area contributed by atoms with Crippen LogP contribution in [0, 0.1) is 0 Å². The van der Waals surface area contributed by atoms with Crippen molar-refractivity contribution in [2.75, 3.05) is 5.75 Å². The topological polar surface area (TPSA) is 97.2 Å². The van der Waals surface area contributed by atoms with Gasteiger partial charge in [-0.2, -0.15) is 8.42 Å². The smallest absolute Gasteiger partial charge is 0.271 e. The zero-order chi connectivity index (χ0) is 12.3. The van der Waals surface area contributed by atoms with Crippen molar-refractivity contribution in [2.45, 2.75) is 6.54 Å². The summed E-state index contributed by atoms with van der Waals surface area (Å²) in [5.41, 5.74) is 0.693. The van der Waals surface area contributed by atoms with Crippen LogP contribution in [0.3, 0.4) is 0 Å². The number of rotatable bonds is 4. The molecule has 0 aliphatic rings. The van der Waals surface area contributed by atoms with E-state index in [1.54, 1.807) is 12.3 Å². The standard InChI is InChI=1S/C9H9N3O4S/c13-17(14,15)6-4-12-3-1-8(7-11-12)9-10-2-5-16-9/h1-3,5,7H,4,6H2/p+1. The zero-order valence-corrected chi connectivity index (χ0v) is 9.54. The molecule has 0 aromatic carbocycles. The van der Waals surface area contributed by atoms with E-state index in [0.717, 1.165) is 0 Å². The molecule has 90 valence electrons. The van der Waals surface area contributed by atoms with Crippen LogP contribution in [0.1, 0.15) is 0 Å². The van der Waals surface area contributed by atoms with E-state index < -0.39 is 10.1 Å². The number of aryl methyl sites for hydroxylation is 1. The quantitative estimate of drug-likeness (QED) is 0.606. The number of nitrogens with zero attached hydrogens (tertiary/aromatic N) is 3. The van der Waals surface area contributed by atoms with Crippen molar-refractivity contribution < 1.29 is 22.1 Å². The number of oxazole rings is 1. The summed E-state index contributed by atoms with van der Waals surface area (Å²) in [7, 11) is -3.97. The maximum absolute atomic E-state index is 10.5. The fourth-order valence-electron chi connectivity index (χ4n) is 1.22. The highest BCUT2D eigenvalue weighted by Crippen LogP contribution is 2.12. The molecule has 7 nitrogen and oxygen atoms in total. The molecule has 0 bridgehead atoms. The van der Waals surface area contributed by atoms with Gasteiger partial charge in [0.05, 0.1) is 11.8 Å². The molecule has 2 heterocycles. The van der Waals surface area contributed by atoms with E-state index in [0.29, 0.717) is 11.5 Å². The van der Waals surface area contributed by atoms with Gasteiger partial charge in [-0.05, 0) is 5.10 Å². The molecule has 0 fully saturated rings. The van der Waals surface area contributed by atoms with E-state index in [-0.39, 0.29) is 12.3 Å². The first-order chi connectivity index (χ1) is 8.04. The van der Waals surface area contributed by atoms with E-state index in [1.165, 1.54) is 23.3 Å². The van der Waals surface area contributed by atoms with Crippen LogP contribution in [-0.2, 0) is 16.7 Å². The molecule has 0 radical (unpaired) electrons. The Morgan fingerprint density at radius 3 is 2.82 bits per heavy atom. The third kappa shape index (κ3) is 3.33. The zero-order valence-electron chi connectivity index (χ0n) is 8.72. The summed E-state index contributed by atoms with van der Waals surface area (Å²) in [6.45, 7) is 0.0880. The summed E-state index contributed by atoms with van der Waals surface area (Å²) < 4.78 is 36.2. The van der Waals surface area contributed by atoms with Gasteiger partial charge in [-0.25, -0.2) is 4.98 Å². The Labute approximate surface area is 97.5 Å². The molecule has 0 saturated carbocycles. The van der Waals surface area contributed by atoms with Crippen LogP contribution in [-0.4, -0.2) is 28.8 Å². The average Bonchev–Trinajstić information content (AvgIpc) is 2.79. The second kappa shape index (κ2) is 4.60. The molecule has 0 saturated heterocycles. The molecular weight excluding hydrogens is 246 g/mol. The van der Waals surface area contributed by atoms with Crippen molar-refractivity contribution in [3.63, 3.8) is 0 Å². The fraction of sp³-hybridized carbons (Fsp3) is 0.222. The maximum atomic E-state index is 10.5. The van der Waals surface area contributed by atoms with Crippen LogP contribution in [0.2, 0.25) is 0 Å². The van der Waals surface area contributed by atoms with Gasteiger partial charge in [0.25, 0.3) is 10.1 Å². The van der Waals surface area contributed by atoms with E-state index in [2.05, 4.69) is 10.1 Å². The first-order valence-corrected chi connectivity index (χ1v) is 6.36. The van der Waals surface area contributed by atoms with E-state index in [4.69, 9.17) is 8.97 Å². The van der Waals surface area contributed by atoms with Crippen LogP contribution in [0.15, 0.2) is 35.3 Å². The third-order valence-corrected chi connectivity index (χ3v) is 2.73. The second-order valence-electron chi connectivity index (χ2n) is 3.30. The highest BCUT2D eigenvalue weighted by Gasteiger charge is 2.12. The van der Waals surface area contributed by atoms with Gasteiger partial charge in [0.15, 0.2) is 12.7 Å².